The highest BCUT2D eigenvalue weighted by Gasteiger charge is 2.06. The first-order chi connectivity index (χ1) is 7.27. The van der Waals surface area contributed by atoms with E-state index in [1.807, 2.05) is 24.3 Å². The van der Waals surface area contributed by atoms with Gasteiger partial charge in [0.15, 0.2) is 0 Å². The quantitative estimate of drug-likeness (QED) is 0.654. The third kappa shape index (κ3) is 4.00. The highest BCUT2D eigenvalue weighted by Crippen LogP contribution is 2.17. The Morgan fingerprint density at radius 1 is 1.33 bits per heavy atom. The van der Waals surface area contributed by atoms with Gasteiger partial charge in [0.2, 0.25) is 0 Å². The van der Waals surface area contributed by atoms with E-state index < -0.39 is 6.10 Å². The third-order valence-corrected chi connectivity index (χ3v) is 2.40. The fraction of sp³-hybridized carbons (Fsp3) is 0.500. The molecule has 0 heterocycles. The summed E-state index contributed by atoms with van der Waals surface area (Å²) in [5.41, 5.74) is 7.46. The Bertz CT molecular complexity index is 289. The molecule has 0 aliphatic carbocycles. The molecule has 15 heavy (non-hydrogen) atoms. The number of aryl methyl sites for hydroxylation is 1. The summed E-state index contributed by atoms with van der Waals surface area (Å²) in [5.74, 6) is 0. The lowest BCUT2D eigenvalue weighted by Gasteiger charge is -2.10. The average Bonchev–Trinajstić information content (AvgIpc) is 2.27. The number of benzene rings is 1. The Balaban J connectivity index is 2.64. The molecule has 3 heteroatoms. The van der Waals surface area contributed by atoms with Gasteiger partial charge in [-0.15, -0.1) is 0 Å². The second kappa shape index (κ2) is 6.56. The van der Waals surface area contributed by atoms with Crippen LogP contribution in [0.1, 0.15) is 30.1 Å². The number of nitrogens with two attached hydrogens (primary N) is 1. The molecule has 0 aromatic heterocycles. The van der Waals surface area contributed by atoms with Gasteiger partial charge < -0.3 is 15.9 Å². The molecule has 0 aliphatic heterocycles. The van der Waals surface area contributed by atoms with Crippen LogP contribution in [0.3, 0.4) is 0 Å². The van der Waals surface area contributed by atoms with E-state index in [0.717, 1.165) is 24.0 Å². The summed E-state index contributed by atoms with van der Waals surface area (Å²) < 4.78 is 0. The SMILES string of the molecule is NCCC(O)c1cccc(CCCO)c1. The van der Waals surface area contributed by atoms with Gasteiger partial charge in [-0.2, -0.15) is 0 Å². The second-order valence-corrected chi connectivity index (χ2v) is 3.67. The topological polar surface area (TPSA) is 66.5 Å². The largest absolute Gasteiger partial charge is 0.396 e. The van der Waals surface area contributed by atoms with Crippen molar-refractivity contribution >= 4 is 0 Å². The van der Waals surface area contributed by atoms with Crippen molar-refractivity contribution in [3.05, 3.63) is 35.4 Å². The molecule has 0 saturated carbocycles. The summed E-state index contributed by atoms with van der Waals surface area (Å²) in [4.78, 5) is 0. The van der Waals surface area contributed by atoms with E-state index in [-0.39, 0.29) is 6.61 Å². The maximum atomic E-state index is 9.74. The molecule has 1 aromatic rings. The van der Waals surface area contributed by atoms with Gasteiger partial charge in [-0.3, -0.25) is 0 Å². The molecule has 0 amide bonds. The number of aliphatic hydroxyl groups is 2. The van der Waals surface area contributed by atoms with E-state index in [4.69, 9.17) is 10.8 Å². The van der Waals surface area contributed by atoms with Crippen LogP contribution in [-0.2, 0) is 6.42 Å². The fourth-order valence-corrected chi connectivity index (χ4v) is 1.56. The minimum Gasteiger partial charge on any atom is -0.396 e. The second-order valence-electron chi connectivity index (χ2n) is 3.67. The highest BCUT2D eigenvalue weighted by molar-refractivity contribution is 5.25. The summed E-state index contributed by atoms with van der Waals surface area (Å²) in [6.45, 7) is 0.692. The molecule has 3 nitrogen and oxygen atoms in total. The first-order valence-corrected chi connectivity index (χ1v) is 5.35. The van der Waals surface area contributed by atoms with Crippen molar-refractivity contribution in [2.75, 3.05) is 13.2 Å². The molecular formula is C12H19NO2. The van der Waals surface area contributed by atoms with Crippen LogP contribution >= 0.6 is 0 Å². The van der Waals surface area contributed by atoms with E-state index in [0.29, 0.717) is 13.0 Å². The van der Waals surface area contributed by atoms with Crippen LogP contribution in [0.5, 0.6) is 0 Å². The normalized spacial score (nSPS) is 12.7. The lowest BCUT2D eigenvalue weighted by atomic mass is 10.0. The predicted octanol–water partition coefficient (Wildman–Crippen LogP) is 0.994. The lowest BCUT2D eigenvalue weighted by Crippen LogP contribution is -2.07. The zero-order valence-corrected chi connectivity index (χ0v) is 8.89. The van der Waals surface area contributed by atoms with Gasteiger partial charge >= 0.3 is 0 Å². The minimum atomic E-state index is -0.468. The minimum absolute atomic E-state index is 0.204. The number of hydrogen-bond donors (Lipinski definition) is 3. The molecule has 1 atom stereocenters. The van der Waals surface area contributed by atoms with Gasteiger partial charge in [0.1, 0.15) is 0 Å². The molecule has 0 bridgehead atoms. The summed E-state index contributed by atoms with van der Waals surface area (Å²) in [7, 11) is 0. The maximum Gasteiger partial charge on any atom is 0.0802 e. The van der Waals surface area contributed by atoms with E-state index >= 15 is 0 Å². The van der Waals surface area contributed by atoms with Crippen LogP contribution in [0.15, 0.2) is 24.3 Å². The van der Waals surface area contributed by atoms with E-state index in [2.05, 4.69) is 0 Å². The van der Waals surface area contributed by atoms with Crippen LogP contribution in [0.4, 0.5) is 0 Å². The Morgan fingerprint density at radius 3 is 2.80 bits per heavy atom. The summed E-state index contributed by atoms with van der Waals surface area (Å²) >= 11 is 0. The summed E-state index contributed by atoms with van der Waals surface area (Å²) in [6.07, 6.45) is 1.73. The Labute approximate surface area is 90.5 Å². The van der Waals surface area contributed by atoms with Crippen LogP contribution in [0, 0.1) is 0 Å². The number of hydrogen-bond acceptors (Lipinski definition) is 3. The molecule has 0 radical (unpaired) electrons. The standard InChI is InChI=1S/C12H19NO2/c13-7-6-12(15)11-5-1-3-10(9-11)4-2-8-14/h1,3,5,9,12,14-15H,2,4,6-8,13H2. The fourth-order valence-electron chi connectivity index (χ4n) is 1.56. The molecule has 84 valence electrons. The predicted molar refractivity (Wildman–Crippen MR) is 60.5 cm³/mol. The van der Waals surface area contributed by atoms with E-state index in [1.165, 1.54) is 0 Å². The molecule has 4 N–H and O–H groups in total. The highest BCUT2D eigenvalue weighted by atomic mass is 16.3. The molecular weight excluding hydrogens is 190 g/mol. The van der Waals surface area contributed by atoms with E-state index in [1.54, 1.807) is 0 Å². The molecule has 1 aromatic carbocycles. The lowest BCUT2D eigenvalue weighted by molar-refractivity contribution is 0.170. The molecule has 0 spiro atoms. The zero-order chi connectivity index (χ0) is 11.1. The monoisotopic (exact) mass is 209 g/mol. The van der Waals surface area contributed by atoms with Crippen LogP contribution in [0.25, 0.3) is 0 Å². The molecule has 0 fully saturated rings. The molecule has 0 saturated heterocycles. The molecule has 1 unspecified atom stereocenters. The van der Waals surface area contributed by atoms with Gasteiger partial charge in [-0.1, -0.05) is 24.3 Å². The Hall–Kier alpha value is -0.900. The van der Waals surface area contributed by atoms with Crippen molar-refractivity contribution in [3.63, 3.8) is 0 Å². The van der Waals surface area contributed by atoms with Crippen molar-refractivity contribution in [1.29, 1.82) is 0 Å². The summed E-state index contributed by atoms with van der Waals surface area (Å²) in [6, 6.07) is 7.83. The van der Waals surface area contributed by atoms with Crippen LogP contribution in [-0.4, -0.2) is 23.4 Å². The molecule has 0 aliphatic rings. The van der Waals surface area contributed by atoms with Crippen LogP contribution < -0.4 is 5.73 Å². The van der Waals surface area contributed by atoms with Gasteiger partial charge in [-0.25, -0.2) is 0 Å². The maximum absolute atomic E-state index is 9.74. The van der Waals surface area contributed by atoms with Crippen molar-refractivity contribution in [2.24, 2.45) is 5.73 Å². The van der Waals surface area contributed by atoms with E-state index in [9.17, 15) is 5.11 Å². The first kappa shape index (κ1) is 12.2. The van der Waals surface area contributed by atoms with Crippen molar-refractivity contribution in [2.45, 2.75) is 25.4 Å². The number of aliphatic hydroxyl groups excluding tert-OH is 2. The van der Waals surface area contributed by atoms with Crippen molar-refractivity contribution in [3.8, 4) is 0 Å². The smallest absolute Gasteiger partial charge is 0.0802 e. The van der Waals surface area contributed by atoms with Crippen molar-refractivity contribution in [1.82, 2.24) is 0 Å². The zero-order valence-electron chi connectivity index (χ0n) is 8.89. The molecule has 1 rings (SSSR count). The van der Waals surface area contributed by atoms with Crippen molar-refractivity contribution < 1.29 is 10.2 Å². The third-order valence-electron chi connectivity index (χ3n) is 2.40. The Kier molecular flexibility index (Phi) is 5.32. The van der Waals surface area contributed by atoms with Gasteiger partial charge in [0.05, 0.1) is 6.10 Å². The van der Waals surface area contributed by atoms with Gasteiger partial charge in [0, 0.05) is 6.61 Å². The average molecular weight is 209 g/mol. The van der Waals surface area contributed by atoms with Gasteiger partial charge in [-0.05, 0) is 36.9 Å². The van der Waals surface area contributed by atoms with Gasteiger partial charge in [0.25, 0.3) is 0 Å². The Morgan fingerprint density at radius 2 is 2.13 bits per heavy atom. The number of rotatable bonds is 6. The summed E-state index contributed by atoms with van der Waals surface area (Å²) in [5, 5.41) is 18.5. The first-order valence-electron chi connectivity index (χ1n) is 5.35. The van der Waals surface area contributed by atoms with Crippen LogP contribution in [0.2, 0.25) is 0 Å².